The van der Waals surface area contributed by atoms with Crippen LogP contribution in [0, 0.1) is 5.41 Å². The van der Waals surface area contributed by atoms with Gasteiger partial charge >= 0.3 is 0 Å². The maximum Gasteiger partial charge on any atom is 0.150 e. The summed E-state index contributed by atoms with van der Waals surface area (Å²) >= 11 is 0. The smallest absolute Gasteiger partial charge is 0.150 e. The van der Waals surface area contributed by atoms with Crippen molar-refractivity contribution in [1.82, 2.24) is 0 Å². The number of rotatable bonds is 12. The average Bonchev–Trinajstić information content (AvgIpc) is 2.77. The predicted octanol–water partition coefficient (Wildman–Crippen LogP) is 4.06. The van der Waals surface area contributed by atoms with Gasteiger partial charge < -0.3 is 5.73 Å². The first-order chi connectivity index (χ1) is 10.0. The first-order valence-electron chi connectivity index (χ1n) is 8.94. The van der Waals surface area contributed by atoms with Gasteiger partial charge in [-0.05, 0) is 24.8 Å². The molecule has 2 N–H and O–H groups in total. The molecule has 4 heteroatoms. The third kappa shape index (κ3) is 7.64. The van der Waals surface area contributed by atoms with Crippen LogP contribution in [0.2, 0.25) is 0 Å². The van der Waals surface area contributed by atoms with Crippen LogP contribution in [0.15, 0.2) is 0 Å². The molecule has 0 aliphatic carbocycles. The van der Waals surface area contributed by atoms with Crippen molar-refractivity contribution in [2.24, 2.45) is 11.1 Å². The zero-order chi connectivity index (χ0) is 15.6. The second-order valence-electron chi connectivity index (χ2n) is 6.98. The van der Waals surface area contributed by atoms with E-state index < -0.39 is 9.84 Å². The van der Waals surface area contributed by atoms with Gasteiger partial charge in [-0.2, -0.15) is 0 Å². The van der Waals surface area contributed by atoms with Crippen molar-refractivity contribution in [3.63, 3.8) is 0 Å². The van der Waals surface area contributed by atoms with Crippen molar-refractivity contribution in [2.45, 2.75) is 84.0 Å². The van der Waals surface area contributed by atoms with Crippen molar-refractivity contribution in [3.05, 3.63) is 0 Å². The molecule has 1 unspecified atom stereocenters. The fourth-order valence-corrected chi connectivity index (χ4v) is 5.66. The number of nitrogens with two attached hydrogens (primary N) is 1. The van der Waals surface area contributed by atoms with E-state index in [1.165, 1.54) is 57.8 Å². The molecule has 1 rings (SSSR count). The van der Waals surface area contributed by atoms with E-state index in [2.05, 4.69) is 6.92 Å². The van der Waals surface area contributed by atoms with Crippen LogP contribution in [0.3, 0.4) is 0 Å². The molecule has 0 saturated carbocycles. The van der Waals surface area contributed by atoms with Crippen LogP contribution in [0.4, 0.5) is 0 Å². The zero-order valence-electron chi connectivity index (χ0n) is 13.9. The molecule has 0 radical (unpaired) electrons. The largest absolute Gasteiger partial charge is 0.330 e. The summed E-state index contributed by atoms with van der Waals surface area (Å²) < 4.78 is 23.3. The van der Waals surface area contributed by atoms with E-state index in [9.17, 15) is 8.42 Å². The lowest BCUT2D eigenvalue weighted by Gasteiger charge is -2.25. The van der Waals surface area contributed by atoms with E-state index in [0.29, 0.717) is 18.1 Å². The maximum atomic E-state index is 11.6. The molecule has 0 aromatic heterocycles. The molecular weight excluding hydrogens is 282 g/mol. The van der Waals surface area contributed by atoms with Crippen molar-refractivity contribution < 1.29 is 8.42 Å². The molecule has 3 nitrogen and oxygen atoms in total. The van der Waals surface area contributed by atoms with Crippen LogP contribution in [0.25, 0.3) is 0 Å². The van der Waals surface area contributed by atoms with Gasteiger partial charge in [0, 0.05) is 0 Å². The summed E-state index contributed by atoms with van der Waals surface area (Å²) in [7, 11) is -2.81. The minimum atomic E-state index is -2.81. The van der Waals surface area contributed by atoms with Crippen molar-refractivity contribution in [1.29, 1.82) is 0 Å². The van der Waals surface area contributed by atoms with E-state index in [-0.39, 0.29) is 5.41 Å². The quantitative estimate of drug-likeness (QED) is 0.552. The zero-order valence-corrected chi connectivity index (χ0v) is 14.7. The Morgan fingerprint density at radius 2 is 1.43 bits per heavy atom. The first kappa shape index (κ1) is 19.0. The molecule has 0 bridgehead atoms. The lowest BCUT2D eigenvalue weighted by Crippen LogP contribution is -2.31. The van der Waals surface area contributed by atoms with Crippen LogP contribution in [0.5, 0.6) is 0 Å². The Kier molecular flexibility index (Phi) is 8.88. The SMILES string of the molecule is CCCCCCCCCCCCC1(CN)CCS(=O)(=O)C1. The Morgan fingerprint density at radius 1 is 0.905 bits per heavy atom. The van der Waals surface area contributed by atoms with Gasteiger partial charge in [-0.3, -0.25) is 0 Å². The average molecular weight is 318 g/mol. The topological polar surface area (TPSA) is 60.2 Å². The van der Waals surface area contributed by atoms with E-state index in [1.807, 2.05) is 0 Å². The maximum absolute atomic E-state index is 11.6. The molecule has 0 aromatic carbocycles. The molecule has 1 fully saturated rings. The van der Waals surface area contributed by atoms with Crippen LogP contribution in [-0.4, -0.2) is 26.5 Å². The van der Waals surface area contributed by atoms with Gasteiger partial charge in [0.05, 0.1) is 11.5 Å². The molecule has 0 spiro atoms. The van der Waals surface area contributed by atoms with Gasteiger partial charge in [0.25, 0.3) is 0 Å². The Morgan fingerprint density at radius 3 is 1.86 bits per heavy atom. The Labute approximate surface area is 132 Å². The molecule has 1 aliphatic rings. The minimum absolute atomic E-state index is 0.0982. The van der Waals surface area contributed by atoms with E-state index >= 15 is 0 Å². The molecule has 1 atom stereocenters. The van der Waals surface area contributed by atoms with Crippen LogP contribution in [-0.2, 0) is 9.84 Å². The predicted molar refractivity (Wildman–Crippen MR) is 91.2 cm³/mol. The summed E-state index contributed by atoms with van der Waals surface area (Å²) in [5.74, 6) is 0.676. The molecule has 1 heterocycles. The summed E-state index contributed by atoms with van der Waals surface area (Å²) in [5.41, 5.74) is 5.75. The Balaban J connectivity index is 2.01. The van der Waals surface area contributed by atoms with Gasteiger partial charge in [-0.1, -0.05) is 71.1 Å². The number of hydrogen-bond acceptors (Lipinski definition) is 3. The second-order valence-corrected chi connectivity index (χ2v) is 9.16. The van der Waals surface area contributed by atoms with E-state index in [0.717, 1.165) is 19.3 Å². The van der Waals surface area contributed by atoms with E-state index in [4.69, 9.17) is 5.73 Å². The highest BCUT2D eigenvalue weighted by Gasteiger charge is 2.40. The highest BCUT2D eigenvalue weighted by molar-refractivity contribution is 7.91. The standard InChI is InChI=1S/C17H35NO2S/c1-2-3-4-5-6-7-8-9-10-11-12-17(15-18)13-14-21(19,20)16-17/h2-16,18H2,1H3. The van der Waals surface area contributed by atoms with Gasteiger partial charge in [0.2, 0.25) is 0 Å². The van der Waals surface area contributed by atoms with Crippen molar-refractivity contribution in [2.75, 3.05) is 18.1 Å². The molecule has 0 aromatic rings. The fourth-order valence-electron chi connectivity index (χ4n) is 3.43. The lowest BCUT2D eigenvalue weighted by atomic mass is 9.82. The molecule has 0 amide bonds. The monoisotopic (exact) mass is 317 g/mol. The third-order valence-electron chi connectivity index (χ3n) is 4.96. The van der Waals surface area contributed by atoms with Gasteiger partial charge in [-0.15, -0.1) is 0 Å². The summed E-state index contributed by atoms with van der Waals surface area (Å²) in [6, 6.07) is 0. The van der Waals surface area contributed by atoms with E-state index in [1.54, 1.807) is 0 Å². The molecule has 126 valence electrons. The highest BCUT2D eigenvalue weighted by Crippen LogP contribution is 2.36. The third-order valence-corrected chi connectivity index (χ3v) is 6.84. The molecule has 21 heavy (non-hydrogen) atoms. The van der Waals surface area contributed by atoms with Crippen LogP contribution >= 0.6 is 0 Å². The van der Waals surface area contributed by atoms with Crippen LogP contribution in [0.1, 0.15) is 84.0 Å². The number of sulfone groups is 1. The first-order valence-corrected chi connectivity index (χ1v) is 10.8. The van der Waals surface area contributed by atoms with Gasteiger partial charge in [-0.25, -0.2) is 8.42 Å². The Hall–Kier alpha value is -0.0900. The lowest BCUT2D eigenvalue weighted by molar-refractivity contribution is 0.304. The van der Waals surface area contributed by atoms with Crippen molar-refractivity contribution in [3.8, 4) is 0 Å². The summed E-state index contributed by atoms with van der Waals surface area (Å²) in [5, 5.41) is 0. The van der Waals surface area contributed by atoms with Crippen LogP contribution < -0.4 is 5.73 Å². The fraction of sp³-hybridized carbons (Fsp3) is 1.00. The highest BCUT2D eigenvalue weighted by atomic mass is 32.2. The normalized spacial score (nSPS) is 24.5. The molecule has 1 aliphatic heterocycles. The summed E-state index contributed by atoms with van der Waals surface area (Å²) in [4.78, 5) is 0. The van der Waals surface area contributed by atoms with Gasteiger partial charge in [0.1, 0.15) is 0 Å². The second kappa shape index (κ2) is 9.83. The number of hydrogen-bond donors (Lipinski definition) is 1. The minimum Gasteiger partial charge on any atom is -0.330 e. The van der Waals surface area contributed by atoms with Gasteiger partial charge in [0.15, 0.2) is 9.84 Å². The molecule has 1 saturated heterocycles. The summed E-state index contributed by atoms with van der Waals surface area (Å²) in [6.45, 7) is 2.79. The molecular formula is C17H35NO2S. The number of unbranched alkanes of at least 4 members (excludes halogenated alkanes) is 9. The summed E-state index contributed by atoms with van der Waals surface area (Å²) in [6.07, 6.45) is 15.0. The Bertz CT molecular complexity index is 367. The van der Waals surface area contributed by atoms with Crippen molar-refractivity contribution >= 4 is 9.84 Å².